The van der Waals surface area contributed by atoms with Gasteiger partial charge in [0, 0.05) is 25.9 Å². The zero-order valence-corrected chi connectivity index (χ0v) is 8.51. The molecule has 0 aliphatic heterocycles. The molecule has 0 bridgehead atoms. The molecule has 0 aromatic heterocycles. The van der Waals surface area contributed by atoms with E-state index in [2.05, 4.69) is 0 Å². The third-order valence-corrected chi connectivity index (χ3v) is 1.91. The van der Waals surface area contributed by atoms with Crippen molar-refractivity contribution in [3.63, 3.8) is 0 Å². The SMILES string of the molecule is FC(F)C(F)(F)CCNCCC(F)(F)C(F)F. The van der Waals surface area contributed by atoms with Crippen molar-refractivity contribution in [3.8, 4) is 0 Å². The van der Waals surface area contributed by atoms with E-state index in [0.717, 1.165) is 0 Å². The molecule has 1 N–H and O–H groups in total. The fraction of sp³-hybridized carbons (Fsp3) is 1.00. The predicted octanol–water partition coefficient (Wildman–Crippen LogP) is 3.16. The van der Waals surface area contributed by atoms with Crippen molar-refractivity contribution in [2.75, 3.05) is 13.1 Å². The Morgan fingerprint density at radius 1 is 0.706 bits per heavy atom. The summed E-state index contributed by atoms with van der Waals surface area (Å²) in [6, 6.07) is 0. The molecule has 0 aliphatic carbocycles. The average Bonchev–Trinajstić information content (AvgIpc) is 2.16. The van der Waals surface area contributed by atoms with Crippen LogP contribution in [0.4, 0.5) is 35.1 Å². The van der Waals surface area contributed by atoms with Crippen LogP contribution < -0.4 is 5.32 Å². The van der Waals surface area contributed by atoms with Gasteiger partial charge in [0.1, 0.15) is 0 Å². The zero-order valence-electron chi connectivity index (χ0n) is 8.51. The average molecular weight is 273 g/mol. The Morgan fingerprint density at radius 3 is 1.24 bits per heavy atom. The Labute approximate surface area is 92.2 Å². The smallest absolute Gasteiger partial charge is 0.308 e. The van der Waals surface area contributed by atoms with Gasteiger partial charge in [0.2, 0.25) is 0 Å². The van der Waals surface area contributed by atoms with E-state index in [4.69, 9.17) is 0 Å². The Kier molecular flexibility index (Phi) is 6.14. The molecule has 0 radical (unpaired) electrons. The Bertz CT molecular complexity index is 196. The highest BCUT2D eigenvalue weighted by Crippen LogP contribution is 2.27. The molecule has 0 unspecified atom stereocenters. The van der Waals surface area contributed by atoms with Crippen molar-refractivity contribution >= 4 is 0 Å². The van der Waals surface area contributed by atoms with Crippen molar-refractivity contribution in [1.29, 1.82) is 0 Å². The quantitative estimate of drug-likeness (QED) is 0.529. The van der Waals surface area contributed by atoms with Gasteiger partial charge in [-0.1, -0.05) is 0 Å². The summed E-state index contributed by atoms with van der Waals surface area (Å²) >= 11 is 0. The molecule has 0 saturated carbocycles. The van der Waals surface area contributed by atoms with Crippen LogP contribution in [0, 0.1) is 0 Å². The molecular weight excluding hydrogens is 262 g/mol. The Hall–Kier alpha value is -0.600. The summed E-state index contributed by atoms with van der Waals surface area (Å²) in [4.78, 5) is 0. The Morgan fingerprint density at radius 2 is 1.00 bits per heavy atom. The van der Waals surface area contributed by atoms with Crippen molar-refractivity contribution in [3.05, 3.63) is 0 Å². The van der Waals surface area contributed by atoms with E-state index in [0.29, 0.717) is 0 Å². The van der Waals surface area contributed by atoms with Gasteiger partial charge in [-0.25, -0.2) is 35.1 Å². The molecule has 104 valence electrons. The maximum Gasteiger partial charge on any atom is 0.308 e. The number of hydrogen-bond donors (Lipinski definition) is 1. The fourth-order valence-electron chi connectivity index (χ4n) is 0.853. The lowest BCUT2D eigenvalue weighted by atomic mass is 10.2. The van der Waals surface area contributed by atoms with E-state index in [-0.39, 0.29) is 0 Å². The topological polar surface area (TPSA) is 12.0 Å². The van der Waals surface area contributed by atoms with Crippen LogP contribution in [0.3, 0.4) is 0 Å². The summed E-state index contributed by atoms with van der Waals surface area (Å²) in [5.41, 5.74) is 0. The zero-order chi connectivity index (χ0) is 13.7. The fourth-order valence-corrected chi connectivity index (χ4v) is 0.853. The second-order valence-corrected chi connectivity index (χ2v) is 3.37. The number of rotatable bonds is 8. The summed E-state index contributed by atoms with van der Waals surface area (Å²) < 4.78 is 95.6. The third kappa shape index (κ3) is 6.04. The van der Waals surface area contributed by atoms with Crippen LogP contribution in [0.15, 0.2) is 0 Å². The van der Waals surface area contributed by atoms with E-state index in [1.807, 2.05) is 5.32 Å². The van der Waals surface area contributed by atoms with Gasteiger partial charge >= 0.3 is 24.7 Å². The molecule has 0 heterocycles. The minimum absolute atomic E-state index is 0.656. The van der Waals surface area contributed by atoms with Gasteiger partial charge < -0.3 is 5.32 Å². The predicted molar refractivity (Wildman–Crippen MR) is 44.0 cm³/mol. The van der Waals surface area contributed by atoms with E-state index >= 15 is 0 Å². The van der Waals surface area contributed by atoms with Gasteiger partial charge in [-0.05, 0) is 0 Å². The monoisotopic (exact) mass is 273 g/mol. The van der Waals surface area contributed by atoms with Gasteiger partial charge in [0.15, 0.2) is 0 Å². The molecular formula is C8H11F8N. The molecule has 17 heavy (non-hydrogen) atoms. The lowest BCUT2D eigenvalue weighted by molar-refractivity contribution is -0.135. The summed E-state index contributed by atoms with van der Waals surface area (Å²) in [6.07, 6.45) is -10.2. The van der Waals surface area contributed by atoms with Crippen LogP contribution in [0.25, 0.3) is 0 Å². The molecule has 1 nitrogen and oxygen atoms in total. The maximum atomic E-state index is 12.3. The number of alkyl halides is 8. The van der Waals surface area contributed by atoms with Gasteiger partial charge in [0.25, 0.3) is 0 Å². The van der Waals surface area contributed by atoms with Crippen LogP contribution in [0.5, 0.6) is 0 Å². The maximum absolute atomic E-state index is 12.3. The number of halogens is 8. The first-order chi connectivity index (χ1) is 7.59. The van der Waals surface area contributed by atoms with E-state index in [1.54, 1.807) is 0 Å². The van der Waals surface area contributed by atoms with Crippen molar-refractivity contribution < 1.29 is 35.1 Å². The normalized spacial score (nSPS) is 13.8. The molecule has 0 aromatic carbocycles. The molecule has 0 saturated heterocycles. The van der Waals surface area contributed by atoms with Crippen LogP contribution >= 0.6 is 0 Å². The molecule has 0 fully saturated rings. The van der Waals surface area contributed by atoms with E-state index in [1.165, 1.54) is 0 Å². The molecule has 0 aromatic rings. The first kappa shape index (κ1) is 16.4. The van der Waals surface area contributed by atoms with E-state index in [9.17, 15) is 35.1 Å². The van der Waals surface area contributed by atoms with E-state index < -0.39 is 50.6 Å². The van der Waals surface area contributed by atoms with Crippen LogP contribution in [-0.2, 0) is 0 Å². The van der Waals surface area contributed by atoms with Crippen LogP contribution in [0.2, 0.25) is 0 Å². The van der Waals surface area contributed by atoms with Gasteiger partial charge in [0.05, 0.1) is 0 Å². The van der Waals surface area contributed by atoms with Gasteiger partial charge in [-0.15, -0.1) is 0 Å². The largest absolute Gasteiger partial charge is 0.316 e. The van der Waals surface area contributed by atoms with Gasteiger partial charge in [-0.2, -0.15) is 0 Å². The molecule has 9 heteroatoms. The number of hydrogen-bond acceptors (Lipinski definition) is 1. The Balaban J connectivity index is 3.74. The van der Waals surface area contributed by atoms with Crippen molar-refractivity contribution in [1.82, 2.24) is 5.32 Å². The molecule has 0 atom stereocenters. The van der Waals surface area contributed by atoms with Crippen LogP contribution in [-0.4, -0.2) is 37.8 Å². The summed E-state index contributed by atoms with van der Waals surface area (Å²) in [6.45, 7) is -1.31. The molecule has 0 rings (SSSR count). The minimum Gasteiger partial charge on any atom is -0.316 e. The summed E-state index contributed by atoms with van der Waals surface area (Å²) in [7, 11) is 0. The number of nitrogens with one attached hydrogen (secondary N) is 1. The van der Waals surface area contributed by atoms with Gasteiger partial charge in [-0.3, -0.25) is 0 Å². The third-order valence-electron chi connectivity index (χ3n) is 1.91. The second kappa shape index (κ2) is 6.36. The van der Waals surface area contributed by atoms with Crippen molar-refractivity contribution in [2.45, 2.75) is 37.5 Å². The second-order valence-electron chi connectivity index (χ2n) is 3.37. The first-order valence-corrected chi connectivity index (χ1v) is 4.62. The highest BCUT2D eigenvalue weighted by Gasteiger charge is 2.41. The standard InChI is InChI=1S/C8H11F8N/c9-5(10)7(13,14)1-3-17-4-2-8(15,16)6(11)12/h5-6,17H,1-4H2. The first-order valence-electron chi connectivity index (χ1n) is 4.62. The summed E-state index contributed by atoms with van der Waals surface area (Å²) in [5.74, 6) is -8.42. The highest BCUT2D eigenvalue weighted by molar-refractivity contribution is 4.73. The molecule has 0 spiro atoms. The van der Waals surface area contributed by atoms with Crippen LogP contribution in [0.1, 0.15) is 12.8 Å². The summed E-state index contributed by atoms with van der Waals surface area (Å²) in [5, 5.41) is 1.98. The van der Waals surface area contributed by atoms with Crippen molar-refractivity contribution in [2.24, 2.45) is 0 Å². The molecule has 0 amide bonds. The highest BCUT2D eigenvalue weighted by atomic mass is 19.3. The minimum atomic E-state index is -4.21. The lowest BCUT2D eigenvalue weighted by Gasteiger charge is -2.17. The molecule has 0 aliphatic rings. The lowest BCUT2D eigenvalue weighted by Crippen LogP contribution is -2.34.